The molecule has 0 bridgehead atoms. The quantitative estimate of drug-likeness (QED) is 0.522. The molecule has 0 saturated heterocycles. The Balaban J connectivity index is 1.57. The highest BCUT2D eigenvalue weighted by atomic mass is 35.5. The monoisotopic (exact) mass is 386 g/mol. The molecule has 3 aromatic rings. The number of aromatic nitrogens is 2. The van der Waals surface area contributed by atoms with Crippen molar-refractivity contribution in [2.24, 2.45) is 0 Å². The van der Waals surface area contributed by atoms with E-state index in [2.05, 4.69) is 15.5 Å². The minimum Gasteiger partial charge on any atom is -0.454 e. The van der Waals surface area contributed by atoms with Crippen molar-refractivity contribution in [3.63, 3.8) is 0 Å². The van der Waals surface area contributed by atoms with Crippen molar-refractivity contribution in [2.75, 3.05) is 12.1 Å². The zero-order chi connectivity index (χ0) is 19.0. The third kappa shape index (κ3) is 3.27. The topological polar surface area (TPSA) is 119 Å². The van der Waals surface area contributed by atoms with E-state index in [1.54, 1.807) is 18.2 Å². The summed E-state index contributed by atoms with van der Waals surface area (Å²) in [6.07, 6.45) is 0. The van der Waals surface area contributed by atoms with E-state index in [4.69, 9.17) is 21.1 Å². The largest absolute Gasteiger partial charge is 0.454 e. The van der Waals surface area contributed by atoms with Crippen LogP contribution in [0.5, 0.6) is 11.5 Å². The number of carbonyl (C=O) groups is 1. The van der Waals surface area contributed by atoms with Crippen LogP contribution >= 0.6 is 11.6 Å². The maximum absolute atomic E-state index is 12.4. The Morgan fingerprint density at radius 3 is 2.81 bits per heavy atom. The number of aromatic amines is 1. The molecule has 0 fully saturated rings. The summed E-state index contributed by atoms with van der Waals surface area (Å²) in [5.74, 6) is 0.667. The molecule has 1 aromatic heterocycles. The minimum atomic E-state index is -0.619. The number of nitro groups is 1. The number of hydrogen-bond donors (Lipinski definition) is 2. The average Bonchev–Trinajstić information content (AvgIpc) is 3.31. The number of amides is 1. The lowest BCUT2D eigenvalue weighted by molar-refractivity contribution is -0.383. The van der Waals surface area contributed by atoms with Crippen molar-refractivity contribution in [2.45, 2.75) is 0 Å². The number of nitro benzene ring substituents is 1. The molecule has 4 rings (SSSR count). The van der Waals surface area contributed by atoms with E-state index in [0.717, 1.165) is 5.56 Å². The molecule has 1 aliphatic rings. The van der Waals surface area contributed by atoms with Gasteiger partial charge in [0.05, 0.1) is 10.6 Å². The van der Waals surface area contributed by atoms with Crippen molar-refractivity contribution >= 4 is 28.9 Å². The number of halogens is 1. The second-order valence-corrected chi connectivity index (χ2v) is 6.04. The Hall–Kier alpha value is -3.59. The van der Waals surface area contributed by atoms with Crippen LogP contribution in [-0.2, 0) is 0 Å². The molecule has 0 radical (unpaired) electrons. The lowest BCUT2D eigenvalue weighted by Crippen LogP contribution is -2.13. The Morgan fingerprint density at radius 2 is 2.00 bits per heavy atom. The Labute approximate surface area is 157 Å². The molecule has 0 saturated carbocycles. The number of fused-ring (bicyclic) bond motifs is 1. The van der Waals surface area contributed by atoms with Gasteiger partial charge in [0, 0.05) is 16.7 Å². The number of nitrogens with one attached hydrogen (secondary N) is 2. The fraction of sp³-hybridized carbons (Fsp3) is 0.0588. The summed E-state index contributed by atoms with van der Waals surface area (Å²) in [5, 5.41) is 20.5. The maximum Gasteiger partial charge on any atom is 0.294 e. The number of benzene rings is 2. The molecule has 9 nitrogen and oxygen atoms in total. The Morgan fingerprint density at radius 1 is 1.19 bits per heavy atom. The molecule has 1 aliphatic heterocycles. The molecule has 0 aliphatic carbocycles. The molecule has 2 N–H and O–H groups in total. The number of carbonyl (C=O) groups excluding carboxylic acids is 1. The maximum atomic E-state index is 12.4. The first-order chi connectivity index (χ1) is 13.0. The number of nitrogens with zero attached hydrogens (tertiary/aromatic N) is 2. The molecular weight excluding hydrogens is 376 g/mol. The number of H-pyrrole nitrogens is 1. The van der Waals surface area contributed by atoms with Gasteiger partial charge in [0.2, 0.25) is 6.79 Å². The zero-order valence-corrected chi connectivity index (χ0v) is 14.3. The Kier molecular flexibility index (Phi) is 4.13. The van der Waals surface area contributed by atoms with Gasteiger partial charge in [-0.3, -0.25) is 20.0 Å². The summed E-state index contributed by atoms with van der Waals surface area (Å²) in [6.45, 7) is 0.160. The molecule has 136 valence electrons. The molecule has 2 aromatic carbocycles. The highest BCUT2D eigenvalue weighted by Gasteiger charge is 2.20. The van der Waals surface area contributed by atoms with Gasteiger partial charge in [-0.2, -0.15) is 5.10 Å². The third-order valence-corrected chi connectivity index (χ3v) is 4.13. The van der Waals surface area contributed by atoms with Gasteiger partial charge < -0.3 is 14.8 Å². The molecule has 1 amide bonds. The van der Waals surface area contributed by atoms with Crippen LogP contribution in [0.4, 0.5) is 11.4 Å². The zero-order valence-electron chi connectivity index (χ0n) is 13.6. The number of anilines is 1. The molecule has 0 atom stereocenters. The van der Waals surface area contributed by atoms with Gasteiger partial charge in [-0.25, -0.2) is 0 Å². The van der Waals surface area contributed by atoms with Gasteiger partial charge in [0.15, 0.2) is 11.5 Å². The van der Waals surface area contributed by atoms with Crippen molar-refractivity contribution in [3.8, 4) is 22.8 Å². The molecular formula is C17H11ClN4O5. The number of hydrogen-bond acceptors (Lipinski definition) is 6. The van der Waals surface area contributed by atoms with E-state index in [9.17, 15) is 14.9 Å². The molecule has 10 heteroatoms. The van der Waals surface area contributed by atoms with E-state index in [-0.39, 0.29) is 28.9 Å². The van der Waals surface area contributed by atoms with Crippen molar-refractivity contribution < 1.29 is 19.2 Å². The lowest BCUT2D eigenvalue weighted by atomic mass is 10.1. The van der Waals surface area contributed by atoms with Crippen LogP contribution in [0, 0.1) is 10.1 Å². The van der Waals surface area contributed by atoms with Crippen molar-refractivity contribution in [3.05, 3.63) is 63.3 Å². The second-order valence-electron chi connectivity index (χ2n) is 5.61. The van der Waals surface area contributed by atoms with E-state index < -0.39 is 10.8 Å². The summed E-state index contributed by atoms with van der Waals surface area (Å²) < 4.78 is 10.6. The smallest absolute Gasteiger partial charge is 0.294 e. The summed E-state index contributed by atoms with van der Waals surface area (Å²) >= 11 is 5.77. The first-order valence-electron chi connectivity index (χ1n) is 7.72. The summed E-state index contributed by atoms with van der Waals surface area (Å²) in [4.78, 5) is 22.9. The fourth-order valence-corrected chi connectivity index (χ4v) is 2.76. The van der Waals surface area contributed by atoms with Crippen LogP contribution in [0.2, 0.25) is 5.02 Å². The predicted octanol–water partition coefficient (Wildman–Crippen LogP) is 3.62. The van der Waals surface area contributed by atoms with Crippen molar-refractivity contribution in [1.82, 2.24) is 10.2 Å². The standard InChI is InChI=1S/C17H11ClN4O5/c18-10-2-3-11(14(6-10)22(24)25)19-17(23)13-7-12(20-21-13)9-1-4-15-16(5-9)27-8-26-15/h1-7H,8H2,(H,19,23)(H,20,21). The van der Waals surface area contributed by atoms with E-state index >= 15 is 0 Å². The first-order valence-corrected chi connectivity index (χ1v) is 8.10. The van der Waals surface area contributed by atoms with E-state index in [1.165, 1.54) is 24.3 Å². The van der Waals surface area contributed by atoms with Crippen LogP contribution in [-0.4, -0.2) is 27.8 Å². The third-order valence-electron chi connectivity index (χ3n) is 3.90. The summed E-state index contributed by atoms with van der Waals surface area (Å²) in [7, 11) is 0. The SMILES string of the molecule is O=C(Nc1ccc(Cl)cc1[N+](=O)[O-])c1cc(-c2ccc3c(c2)OCO3)n[nH]1. The number of ether oxygens (including phenoxy) is 2. The fourth-order valence-electron chi connectivity index (χ4n) is 2.59. The number of rotatable bonds is 4. The normalized spacial score (nSPS) is 12.0. The van der Waals surface area contributed by atoms with E-state index in [0.29, 0.717) is 17.2 Å². The molecule has 0 unspecified atom stereocenters. The van der Waals surface area contributed by atoms with Crippen molar-refractivity contribution in [1.29, 1.82) is 0 Å². The van der Waals surface area contributed by atoms with E-state index in [1.807, 2.05) is 0 Å². The van der Waals surface area contributed by atoms with Gasteiger partial charge in [-0.1, -0.05) is 11.6 Å². The second kappa shape index (κ2) is 6.61. The molecule has 2 heterocycles. The van der Waals surface area contributed by atoms with Gasteiger partial charge in [-0.05, 0) is 36.4 Å². The predicted molar refractivity (Wildman–Crippen MR) is 96.2 cm³/mol. The first kappa shape index (κ1) is 16.9. The van der Waals surface area contributed by atoms with Gasteiger partial charge in [0.1, 0.15) is 11.4 Å². The van der Waals surface area contributed by atoms with Gasteiger partial charge in [0.25, 0.3) is 11.6 Å². The highest BCUT2D eigenvalue weighted by Crippen LogP contribution is 2.35. The summed E-state index contributed by atoms with van der Waals surface area (Å²) in [6, 6.07) is 10.8. The van der Waals surface area contributed by atoms with Crippen LogP contribution in [0.1, 0.15) is 10.5 Å². The summed E-state index contributed by atoms with van der Waals surface area (Å²) in [5.41, 5.74) is 1.13. The van der Waals surface area contributed by atoms with Crippen LogP contribution < -0.4 is 14.8 Å². The minimum absolute atomic E-state index is 0.0358. The highest BCUT2D eigenvalue weighted by molar-refractivity contribution is 6.31. The van der Waals surface area contributed by atoms with Crippen LogP contribution in [0.3, 0.4) is 0 Å². The Bertz CT molecular complexity index is 1070. The van der Waals surface area contributed by atoms with Gasteiger partial charge in [-0.15, -0.1) is 0 Å². The van der Waals surface area contributed by atoms with Crippen LogP contribution in [0.25, 0.3) is 11.3 Å². The molecule has 27 heavy (non-hydrogen) atoms. The lowest BCUT2D eigenvalue weighted by Gasteiger charge is -2.04. The molecule has 0 spiro atoms. The van der Waals surface area contributed by atoms with Crippen LogP contribution in [0.15, 0.2) is 42.5 Å². The average molecular weight is 387 g/mol. The van der Waals surface area contributed by atoms with Gasteiger partial charge >= 0.3 is 0 Å².